The molecule has 0 amide bonds. The zero-order chi connectivity index (χ0) is 11.1. The molecule has 1 aromatic carbocycles. The molecule has 1 fully saturated rings. The van der Waals surface area contributed by atoms with Gasteiger partial charge in [-0.15, -0.1) is 0 Å². The molecule has 1 aliphatic carbocycles. The molecule has 1 saturated carbocycles. The van der Waals surface area contributed by atoms with E-state index < -0.39 is 5.60 Å². The van der Waals surface area contributed by atoms with Gasteiger partial charge in [-0.2, -0.15) is 0 Å². The lowest BCUT2D eigenvalue weighted by Crippen LogP contribution is -2.28. The van der Waals surface area contributed by atoms with Crippen molar-refractivity contribution < 1.29 is 5.11 Å². The molecule has 0 radical (unpaired) electrons. The van der Waals surface area contributed by atoms with E-state index in [1.54, 1.807) is 0 Å². The fourth-order valence-electron chi connectivity index (χ4n) is 2.48. The number of rotatable bonds is 3. The first-order chi connectivity index (χ1) is 7.09. The van der Waals surface area contributed by atoms with Crippen LogP contribution in [0.5, 0.6) is 0 Å². The third-order valence-electron chi connectivity index (χ3n) is 3.86. The van der Waals surface area contributed by atoms with Crippen molar-refractivity contribution in [2.24, 2.45) is 5.92 Å². The van der Waals surface area contributed by atoms with Gasteiger partial charge in [-0.05, 0) is 55.7 Å². The maximum absolute atomic E-state index is 10.7. The molecule has 0 aromatic heterocycles. The maximum atomic E-state index is 10.7. The van der Waals surface area contributed by atoms with Crippen molar-refractivity contribution >= 4 is 0 Å². The highest BCUT2D eigenvalue weighted by Gasteiger charge is 2.44. The van der Waals surface area contributed by atoms with Crippen LogP contribution in [0, 0.1) is 19.8 Å². The summed E-state index contributed by atoms with van der Waals surface area (Å²) in [6.45, 7) is 6.32. The minimum atomic E-state index is -0.573. The summed E-state index contributed by atoms with van der Waals surface area (Å²) in [4.78, 5) is 0. The predicted octanol–water partition coefficient (Wildman–Crippen LogP) is 3.31. The number of hydrogen-bond acceptors (Lipinski definition) is 1. The van der Waals surface area contributed by atoms with E-state index in [2.05, 4.69) is 39.0 Å². The fraction of sp³-hybridized carbons (Fsp3) is 0.571. The predicted molar refractivity (Wildman–Crippen MR) is 62.8 cm³/mol. The minimum Gasteiger partial charge on any atom is -0.385 e. The van der Waals surface area contributed by atoms with E-state index >= 15 is 0 Å². The highest BCUT2D eigenvalue weighted by molar-refractivity contribution is 5.38. The molecular formula is C14H20O. The van der Waals surface area contributed by atoms with Crippen LogP contribution in [0.3, 0.4) is 0 Å². The van der Waals surface area contributed by atoms with Gasteiger partial charge in [-0.3, -0.25) is 0 Å². The second-order valence-corrected chi connectivity index (χ2v) is 4.80. The quantitative estimate of drug-likeness (QED) is 0.801. The molecule has 15 heavy (non-hydrogen) atoms. The molecule has 1 aromatic rings. The first kappa shape index (κ1) is 10.7. The van der Waals surface area contributed by atoms with E-state index in [1.807, 2.05) is 0 Å². The molecule has 2 rings (SSSR count). The normalized spacial score (nSPS) is 20.0. The van der Waals surface area contributed by atoms with Gasteiger partial charge in [0.1, 0.15) is 0 Å². The molecule has 0 spiro atoms. The Balaban J connectivity index is 2.46. The summed E-state index contributed by atoms with van der Waals surface area (Å²) in [5.74, 6) is 0.489. The lowest BCUT2D eigenvalue weighted by Gasteiger charge is -2.29. The highest BCUT2D eigenvalue weighted by Crippen LogP contribution is 2.48. The van der Waals surface area contributed by atoms with Gasteiger partial charge in [-0.25, -0.2) is 0 Å². The molecule has 0 bridgehead atoms. The van der Waals surface area contributed by atoms with Crippen LogP contribution in [0.4, 0.5) is 0 Å². The topological polar surface area (TPSA) is 20.2 Å². The fourth-order valence-corrected chi connectivity index (χ4v) is 2.48. The number of benzene rings is 1. The Morgan fingerprint density at radius 3 is 2.53 bits per heavy atom. The molecule has 1 aliphatic rings. The van der Waals surface area contributed by atoms with Crippen molar-refractivity contribution in [3.05, 3.63) is 34.9 Å². The molecular weight excluding hydrogens is 184 g/mol. The van der Waals surface area contributed by atoms with Crippen molar-refractivity contribution in [2.75, 3.05) is 0 Å². The number of aliphatic hydroxyl groups is 1. The van der Waals surface area contributed by atoms with Gasteiger partial charge in [0.25, 0.3) is 0 Å². The molecule has 1 heteroatoms. The van der Waals surface area contributed by atoms with E-state index in [9.17, 15) is 5.11 Å². The van der Waals surface area contributed by atoms with Crippen molar-refractivity contribution in [3.63, 3.8) is 0 Å². The Labute approximate surface area is 92.1 Å². The Kier molecular flexibility index (Phi) is 2.59. The van der Waals surface area contributed by atoms with Crippen molar-refractivity contribution in [1.29, 1.82) is 0 Å². The van der Waals surface area contributed by atoms with Gasteiger partial charge in [0.2, 0.25) is 0 Å². The molecule has 0 heterocycles. The summed E-state index contributed by atoms with van der Waals surface area (Å²) in [6.07, 6.45) is 3.18. The molecule has 1 atom stereocenters. The largest absolute Gasteiger partial charge is 0.385 e. The Morgan fingerprint density at radius 2 is 2.00 bits per heavy atom. The minimum absolute atomic E-state index is 0.489. The van der Waals surface area contributed by atoms with Gasteiger partial charge < -0.3 is 5.11 Å². The number of hydrogen-bond donors (Lipinski definition) is 1. The second-order valence-electron chi connectivity index (χ2n) is 4.80. The summed E-state index contributed by atoms with van der Waals surface area (Å²) < 4.78 is 0. The van der Waals surface area contributed by atoms with Gasteiger partial charge in [0.05, 0.1) is 5.60 Å². The SMILES string of the molecule is CCC(O)(c1cccc(C)c1C)C1CC1. The monoisotopic (exact) mass is 204 g/mol. The smallest absolute Gasteiger partial charge is 0.0924 e. The van der Waals surface area contributed by atoms with Gasteiger partial charge in [0.15, 0.2) is 0 Å². The number of aryl methyl sites for hydroxylation is 1. The van der Waals surface area contributed by atoms with Gasteiger partial charge in [0, 0.05) is 0 Å². The van der Waals surface area contributed by atoms with Crippen LogP contribution in [0.1, 0.15) is 42.9 Å². The lowest BCUT2D eigenvalue weighted by atomic mass is 9.82. The van der Waals surface area contributed by atoms with E-state index in [0.717, 1.165) is 12.0 Å². The third kappa shape index (κ3) is 1.69. The van der Waals surface area contributed by atoms with Crippen molar-refractivity contribution in [3.8, 4) is 0 Å². The average molecular weight is 204 g/mol. The van der Waals surface area contributed by atoms with Gasteiger partial charge in [-0.1, -0.05) is 25.1 Å². The van der Waals surface area contributed by atoms with E-state index in [1.165, 1.54) is 24.0 Å². The van der Waals surface area contributed by atoms with Crippen LogP contribution in [0.2, 0.25) is 0 Å². The molecule has 0 saturated heterocycles. The van der Waals surface area contributed by atoms with E-state index in [-0.39, 0.29) is 0 Å². The van der Waals surface area contributed by atoms with E-state index in [0.29, 0.717) is 5.92 Å². The zero-order valence-corrected chi connectivity index (χ0v) is 9.88. The second kappa shape index (κ2) is 3.64. The summed E-state index contributed by atoms with van der Waals surface area (Å²) in [6, 6.07) is 6.26. The molecule has 0 aliphatic heterocycles. The molecule has 1 nitrogen and oxygen atoms in total. The maximum Gasteiger partial charge on any atom is 0.0924 e. The standard InChI is InChI=1S/C14H20O/c1-4-14(15,12-8-9-12)13-7-5-6-10(2)11(13)3/h5-7,12,15H,4,8-9H2,1-3H3. The Morgan fingerprint density at radius 1 is 1.33 bits per heavy atom. The van der Waals surface area contributed by atoms with E-state index in [4.69, 9.17) is 0 Å². The van der Waals surface area contributed by atoms with Crippen LogP contribution < -0.4 is 0 Å². The third-order valence-corrected chi connectivity index (χ3v) is 3.86. The molecule has 1 unspecified atom stereocenters. The average Bonchev–Trinajstić information content (AvgIpc) is 3.05. The summed E-state index contributed by atoms with van der Waals surface area (Å²) in [5, 5.41) is 10.7. The van der Waals surface area contributed by atoms with Crippen LogP contribution in [-0.4, -0.2) is 5.11 Å². The van der Waals surface area contributed by atoms with Crippen LogP contribution in [-0.2, 0) is 5.60 Å². The Hall–Kier alpha value is -0.820. The van der Waals surface area contributed by atoms with Crippen molar-refractivity contribution in [2.45, 2.75) is 45.6 Å². The Bertz CT molecular complexity index is 366. The first-order valence-electron chi connectivity index (χ1n) is 5.88. The van der Waals surface area contributed by atoms with Crippen LogP contribution >= 0.6 is 0 Å². The summed E-state index contributed by atoms with van der Waals surface area (Å²) >= 11 is 0. The van der Waals surface area contributed by atoms with Crippen molar-refractivity contribution in [1.82, 2.24) is 0 Å². The van der Waals surface area contributed by atoms with Gasteiger partial charge >= 0.3 is 0 Å². The lowest BCUT2D eigenvalue weighted by molar-refractivity contribution is 0.00825. The zero-order valence-electron chi connectivity index (χ0n) is 9.88. The highest BCUT2D eigenvalue weighted by atomic mass is 16.3. The van der Waals surface area contributed by atoms with Crippen LogP contribution in [0.15, 0.2) is 18.2 Å². The van der Waals surface area contributed by atoms with Crippen LogP contribution in [0.25, 0.3) is 0 Å². The summed E-state index contributed by atoms with van der Waals surface area (Å²) in [5.41, 5.74) is 3.11. The summed E-state index contributed by atoms with van der Waals surface area (Å²) in [7, 11) is 0. The molecule has 82 valence electrons. The first-order valence-corrected chi connectivity index (χ1v) is 5.88. The molecule has 1 N–H and O–H groups in total.